The number of hydrogen-bond donors (Lipinski definition) is 2. The van der Waals surface area contributed by atoms with Gasteiger partial charge in [-0.25, -0.2) is 0 Å². The van der Waals surface area contributed by atoms with Gasteiger partial charge in [0.15, 0.2) is 0 Å². The molecule has 0 amide bonds. The van der Waals surface area contributed by atoms with Crippen molar-refractivity contribution in [1.82, 2.24) is 4.90 Å². The van der Waals surface area contributed by atoms with Crippen molar-refractivity contribution in [3.8, 4) is 5.75 Å². The van der Waals surface area contributed by atoms with Gasteiger partial charge in [-0.05, 0) is 41.3 Å². The van der Waals surface area contributed by atoms with E-state index in [9.17, 15) is 10.2 Å². The first-order valence-electron chi connectivity index (χ1n) is 8.76. The van der Waals surface area contributed by atoms with Crippen molar-refractivity contribution in [3.63, 3.8) is 0 Å². The minimum atomic E-state index is -0.0958. The van der Waals surface area contributed by atoms with Crippen molar-refractivity contribution in [3.05, 3.63) is 28.8 Å². The maximum atomic E-state index is 10.8. The number of aliphatic hydroxyl groups excluding tert-OH is 1. The summed E-state index contributed by atoms with van der Waals surface area (Å²) < 4.78 is 0. The molecular weight excluding hydrogens is 286 g/mol. The Morgan fingerprint density at radius 3 is 2.26 bits per heavy atom. The molecule has 1 heterocycles. The quantitative estimate of drug-likeness (QED) is 0.887. The summed E-state index contributed by atoms with van der Waals surface area (Å²) in [5.74, 6) is 0.425. The van der Waals surface area contributed by atoms with E-state index >= 15 is 0 Å². The third-order valence-corrected chi connectivity index (χ3v) is 4.95. The average Bonchev–Trinajstić information content (AvgIpc) is 2.85. The maximum absolute atomic E-state index is 10.8. The number of aliphatic hydroxyl groups is 1. The molecule has 3 nitrogen and oxygen atoms in total. The summed E-state index contributed by atoms with van der Waals surface area (Å²) >= 11 is 0. The summed E-state index contributed by atoms with van der Waals surface area (Å²) in [5.41, 5.74) is 3.21. The zero-order valence-electron chi connectivity index (χ0n) is 15.6. The van der Waals surface area contributed by atoms with Gasteiger partial charge >= 0.3 is 0 Å². The van der Waals surface area contributed by atoms with E-state index in [0.29, 0.717) is 12.3 Å². The fourth-order valence-electron chi connectivity index (χ4n) is 3.35. The molecule has 2 N–H and O–H groups in total. The number of benzene rings is 1. The van der Waals surface area contributed by atoms with E-state index in [-0.39, 0.29) is 23.5 Å². The van der Waals surface area contributed by atoms with Crippen molar-refractivity contribution in [2.24, 2.45) is 0 Å². The first-order chi connectivity index (χ1) is 10.5. The standard InChI is InChI=1S/C20H33NO2/c1-19(2,3)15-10-14(12-21-9-7-8-16(21)13-22)18(23)17(11-15)20(4,5)6/h10-11,16,22-23H,7-9,12-13H2,1-6H3/t16-/m0/s1. The van der Waals surface area contributed by atoms with E-state index in [4.69, 9.17) is 0 Å². The summed E-state index contributed by atoms with van der Waals surface area (Å²) in [4.78, 5) is 2.30. The molecule has 0 aromatic heterocycles. The Labute approximate surface area is 141 Å². The third-order valence-electron chi connectivity index (χ3n) is 4.95. The molecule has 3 heteroatoms. The zero-order valence-corrected chi connectivity index (χ0v) is 15.6. The zero-order chi connectivity index (χ0) is 17.4. The highest BCUT2D eigenvalue weighted by Crippen LogP contribution is 2.38. The number of aromatic hydroxyl groups is 1. The van der Waals surface area contributed by atoms with Crippen molar-refractivity contribution in [1.29, 1.82) is 0 Å². The summed E-state index contributed by atoms with van der Waals surface area (Å²) in [6.45, 7) is 15.0. The molecule has 1 aliphatic rings. The van der Waals surface area contributed by atoms with Crippen molar-refractivity contribution >= 4 is 0 Å². The topological polar surface area (TPSA) is 43.7 Å². The van der Waals surface area contributed by atoms with Gasteiger partial charge in [-0.2, -0.15) is 0 Å². The van der Waals surface area contributed by atoms with Gasteiger partial charge in [0.2, 0.25) is 0 Å². The van der Waals surface area contributed by atoms with Gasteiger partial charge in [-0.1, -0.05) is 53.7 Å². The second-order valence-corrected chi connectivity index (χ2v) is 8.98. The van der Waals surface area contributed by atoms with Gasteiger partial charge in [-0.3, -0.25) is 4.90 Å². The molecule has 1 aromatic rings. The highest BCUT2D eigenvalue weighted by atomic mass is 16.3. The lowest BCUT2D eigenvalue weighted by atomic mass is 9.79. The van der Waals surface area contributed by atoms with Gasteiger partial charge in [0.1, 0.15) is 5.75 Å². The van der Waals surface area contributed by atoms with Gasteiger partial charge in [0.05, 0.1) is 6.61 Å². The summed E-state index contributed by atoms with van der Waals surface area (Å²) in [5, 5.41) is 20.4. The SMILES string of the molecule is CC(C)(C)c1cc(CN2CCC[C@H]2CO)c(O)c(C(C)(C)C)c1. The molecule has 2 rings (SSSR count). The summed E-state index contributed by atoms with van der Waals surface area (Å²) in [7, 11) is 0. The fourth-order valence-corrected chi connectivity index (χ4v) is 3.35. The van der Waals surface area contributed by atoms with Gasteiger partial charge < -0.3 is 10.2 Å². The van der Waals surface area contributed by atoms with Crippen molar-refractivity contribution < 1.29 is 10.2 Å². The van der Waals surface area contributed by atoms with E-state index in [1.807, 2.05) is 0 Å². The number of hydrogen-bond acceptors (Lipinski definition) is 3. The molecular formula is C20H33NO2. The predicted molar refractivity (Wildman–Crippen MR) is 96.0 cm³/mol. The maximum Gasteiger partial charge on any atom is 0.123 e. The van der Waals surface area contributed by atoms with E-state index in [1.165, 1.54) is 5.56 Å². The Balaban J connectivity index is 2.45. The third kappa shape index (κ3) is 4.07. The molecule has 1 saturated heterocycles. The van der Waals surface area contributed by atoms with E-state index in [0.717, 1.165) is 30.5 Å². The lowest BCUT2D eigenvalue weighted by Gasteiger charge is -2.29. The normalized spacial score (nSPS) is 20.2. The minimum absolute atomic E-state index is 0.0455. The van der Waals surface area contributed by atoms with E-state index in [2.05, 4.69) is 58.6 Å². The van der Waals surface area contributed by atoms with Crippen LogP contribution < -0.4 is 0 Å². The van der Waals surface area contributed by atoms with Crippen LogP contribution in [0.15, 0.2) is 12.1 Å². The Hall–Kier alpha value is -1.06. The predicted octanol–water partition coefficient (Wildman–Crippen LogP) is 3.94. The Morgan fingerprint density at radius 2 is 1.74 bits per heavy atom. The van der Waals surface area contributed by atoms with Crippen LogP contribution in [0.1, 0.15) is 71.1 Å². The molecule has 0 unspecified atom stereocenters. The Kier molecular flexibility index (Phi) is 5.12. The van der Waals surface area contributed by atoms with Crippen LogP contribution in [0.3, 0.4) is 0 Å². The number of likely N-dealkylation sites (tertiary alicyclic amines) is 1. The molecule has 23 heavy (non-hydrogen) atoms. The second kappa shape index (κ2) is 6.45. The average molecular weight is 319 g/mol. The highest BCUT2D eigenvalue weighted by molar-refractivity contribution is 5.48. The van der Waals surface area contributed by atoms with Crippen molar-refractivity contribution in [2.45, 2.75) is 77.8 Å². The molecule has 0 spiro atoms. The monoisotopic (exact) mass is 319 g/mol. The largest absolute Gasteiger partial charge is 0.507 e. The smallest absolute Gasteiger partial charge is 0.123 e. The van der Waals surface area contributed by atoms with Gasteiger partial charge in [0.25, 0.3) is 0 Å². The van der Waals surface area contributed by atoms with Crippen LogP contribution in [0.4, 0.5) is 0 Å². The van der Waals surface area contributed by atoms with Gasteiger partial charge in [0, 0.05) is 18.2 Å². The molecule has 0 radical (unpaired) electrons. The van der Waals surface area contributed by atoms with Crippen LogP contribution in [0, 0.1) is 0 Å². The molecule has 0 bridgehead atoms. The number of rotatable bonds is 3. The fraction of sp³-hybridized carbons (Fsp3) is 0.700. The Morgan fingerprint density at radius 1 is 1.09 bits per heavy atom. The van der Waals surface area contributed by atoms with Crippen LogP contribution in [0.25, 0.3) is 0 Å². The molecule has 1 aliphatic heterocycles. The summed E-state index contributed by atoms with van der Waals surface area (Å²) in [6.07, 6.45) is 2.17. The number of phenols is 1. The highest BCUT2D eigenvalue weighted by Gasteiger charge is 2.28. The molecule has 0 aliphatic carbocycles. The van der Waals surface area contributed by atoms with E-state index < -0.39 is 0 Å². The first-order valence-corrected chi connectivity index (χ1v) is 8.76. The first kappa shape index (κ1) is 18.3. The van der Waals surface area contributed by atoms with Crippen LogP contribution in [0.5, 0.6) is 5.75 Å². The Bertz CT molecular complexity index is 552. The van der Waals surface area contributed by atoms with Crippen LogP contribution in [0.2, 0.25) is 0 Å². The summed E-state index contributed by atoms with van der Waals surface area (Å²) in [6, 6.07) is 4.54. The second-order valence-electron chi connectivity index (χ2n) is 8.98. The molecule has 130 valence electrons. The van der Waals surface area contributed by atoms with Crippen LogP contribution in [-0.4, -0.2) is 34.3 Å². The van der Waals surface area contributed by atoms with E-state index in [1.54, 1.807) is 0 Å². The molecule has 0 saturated carbocycles. The lowest BCUT2D eigenvalue weighted by molar-refractivity contribution is 0.152. The van der Waals surface area contributed by atoms with Crippen LogP contribution >= 0.6 is 0 Å². The van der Waals surface area contributed by atoms with Crippen LogP contribution in [-0.2, 0) is 17.4 Å². The minimum Gasteiger partial charge on any atom is -0.507 e. The lowest BCUT2D eigenvalue weighted by Crippen LogP contribution is -2.32. The number of phenolic OH excluding ortho intramolecular Hbond substituents is 1. The van der Waals surface area contributed by atoms with Gasteiger partial charge in [-0.15, -0.1) is 0 Å². The van der Waals surface area contributed by atoms with Crippen molar-refractivity contribution in [2.75, 3.05) is 13.2 Å². The molecule has 1 aromatic carbocycles. The number of nitrogens with zero attached hydrogens (tertiary/aromatic N) is 1. The molecule has 1 fully saturated rings. The molecule has 1 atom stereocenters.